The van der Waals surface area contributed by atoms with E-state index in [9.17, 15) is 0 Å². The highest BCUT2D eigenvalue weighted by atomic mass is 15.0. The standard InChI is InChI=1S/C87H60N6/c1-86(2)73-27-15-11-23-63(73)65-41-39-61(51-75(65)86)92-77-29-17-13-25-67(77)69-47-56(33-43-79(69)92)58-35-45-81-71(49-58)72-50-59(36-46-82(72)91(81)60-37-31-55(32-38-60)85-89-83(53-19-7-5-8-20-53)88-84(90-85)54-21-9-6-10-22-54)57-34-44-80-70(48-57)68-26-14-18-30-78(68)93(80)62-40-42-66-64-24-12-16-28-74(64)87(3,4)76(66)52-62/h5-52H,1-4H3. The van der Waals surface area contributed by atoms with E-state index < -0.39 is 0 Å². The molecule has 0 fully saturated rings. The fourth-order valence-corrected chi connectivity index (χ4v) is 15.9. The maximum atomic E-state index is 5.09. The Kier molecular flexibility index (Phi) is 11.4. The summed E-state index contributed by atoms with van der Waals surface area (Å²) < 4.78 is 7.34. The average Bonchev–Trinajstić information content (AvgIpc) is 1.59. The number of rotatable bonds is 8. The summed E-state index contributed by atoms with van der Waals surface area (Å²) in [6.07, 6.45) is 0. The molecule has 0 spiro atoms. The summed E-state index contributed by atoms with van der Waals surface area (Å²) in [6, 6.07) is 107. The van der Waals surface area contributed by atoms with Gasteiger partial charge in [-0.25, -0.2) is 15.0 Å². The molecule has 13 aromatic carbocycles. The predicted octanol–water partition coefficient (Wildman–Crippen LogP) is 22.1. The Morgan fingerprint density at radius 3 is 0.914 bits per heavy atom. The molecule has 0 N–H and O–H groups in total. The van der Waals surface area contributed by atoms with Gasteiger partial charge in [0.05, 0.1) is 33.1 Å². The molecule has 0 radical (unpaired) electrons. The zero-order chi connectivity index (χ0) is 61.8. The number of fused-ring (bicyclic) bond motifs is 15. The molecule has 93 heavy (non-hydrogen) atoms. The molecule has 0 atom stereocenters. The molecule has 0 unspecified atom stereocenters. The lowest BCUT2D eigenvalue weighted by Crippen LogP contribution is -2.15. The number of hydrogen-bond donors (Lipinski definition) is 0. The van der Waals surface area contributed by atoms with Gasteiger partial charge in [-0.15, -0.1) is 0 Å². The van der Waals surface area contributed by atoms with Crippen molar-refractivity contribution < 1.29 is 0 Å². The Hall–Kier alpha value is -11.7. The van der Waals surface area contributed by atoms with Crippen LogP contribution in [0.5, 0.6) is 0 Å². The van der Waals surface area contributed by atoms with E-state index in [1.165, 1.54) is 121 Å². The minimum Gasteiger partial charge on any atom is -0.309 e. The molecule has 4 aromatic heterocycles. The van der Waals surface area contributed by atoms with Gasteiger partial charge >= 0.3 is 0 Å². The van der Waals surface area contributed by atoms with Crippen LogP contribution in [0.3, 0.4) is 0 Å². The van der Waals surface area contributed by atoms with Crippen molar-refractivity contribution in [3.8, 4) is 95.7 Å². The first-order valence-electron chi connectivity index (χ1n) is 32.2. The summed E-state index contributed by atoms with van der Waals surface area (Å²) in [5.41, 5.74) is 28.4. The summed E-state index contributed by atoms with van der Waals surface area (Å²) in [6.45, 7) is 9.45. The van der Waals surface area contributed by atoms with Gasteiger partial charge in [-0.2, -0.15) is 0 Å². The Morgan fingerprint density at radius 2 is 0.505 bits per heavy atom. The fourth-order valence-electron chi connectivity index (χ4n) is 15.9. The van der Waals surface area contributed by atoms with Crippen LogP contribution in [0.4, 0.5) is 0 Å². The number of aromatic nitrogens is 6. The number of hydrogen-bond acceptors (Lipinski definition) is 3. The molecule has 438 valence electrons. The summed E-state index contributed by atoms with van der Waals surface area (Å²) in [5, 5.41) is 7.26. The normalized spacial score (nSPS) is 13.5. The quantitative estimate of drug-likeness (QED) is 0.152. The molecule has 0 aliphatic heterocycles. The third kappa shape index (κ3) is 7.98. The zero-order valence-electron chi connectivity index (χ0n) is 51.9. The predicted molar refractivity (Wildman–Crippen MR) is 385 cm³/mol. The molecule has 6 nitrogen and oxygen atoms in total. The molecule has 0 bridgehead atoms. The first kappa shape index (κ1) is 53.1. The Balaban J connectivity index is 0.758. The van der Waals surface area contributed by atoms with Crippen LogP contribution in [0.1, 0.15) is 49.9 Å². The van der Waals surface area contributed by atoms with Gasteiger partial charge in [0, 0.05) is 76.9 Å². The van der Waals surface area contributed by atoms with E-state index in [-0.39, 0.29) is 10.8 Å². The molecule has 17 aromatic rings. The monoisotopic (exact) mass is 1190 g/mol. The van der Waals surface area contributed by atoms with Crippen molar-refractivity contribution in [2.24, 2.45) is 0 Å². The van der Waals surface area contributed by atoms with Crippen LogP contribution in [-0.2, 0) is 10.8 Å². The summed E-state index contributed by atoms with van der Waals surface area (Å²) in [5.74, 6) is 1.89. The largest absolute Gasteiger partial charge is 0.309 e. The second-order valence-corrected chi connectivity index (χ2v) is 26.4. The molecule has 2 aliphatic rings. The van der Waals surface area contributed by atoms with Gasteiger partial charge in [-0.3, -0.25) is 0 Å². The van der Waals surface area contributed by atoms with Gasteiger partial charge in [0.25, 0.3) is 0 Å². The van der Waals surface area contributed by atoms with Gasteiger partial charge in [-0.05, 0) is 176 Å². The van der Waals surface area contributed by atoms with Crippen molar-refractivity contribution in [2.75, 3.05) is 0 Å². The van der Waals surface area contributed by atoms with Crippen LogP contribution < -0.4 is 0 Å². The molecular weight excluding hydrogens is 1130 g/mol. The second kappa shape index (κ2) is 19.9. The summed E-state index contributed by atoms with van der Waals surface area (Å²) >= 11 is 0. The number of benzene rings is 13. The van der Waals surface area contributed by atoms with Crippen LogP contribution in [0.2, 0.25) is 0 Å². The first-order chi connectivity index (χ1) is 45.6. The fraction of sp³-hybridized carbons (Fsp3) is 0.0690. The van der Waals surface area contributed by atoms with Crippen molar-refractivity contribution in [3.05, 3.63) is 313 Å². The highest BCUT2D eigenvalue weighted by molar-refractivity contribution is 6.15. The number of para-hydroxylation sites is 2. The third-order valence-electron chi connectivity index (χ3n) is 20.5. The van der Waals surface area contributed by atoms with Crippen LogP contribution in [0, 0.1) is 0 Å². The summed E-state index contributed by atoms with van der Waals surface area (Å²) in [7, 11) is 0. The van der Waals surface area contributed by atoms with Crippen LogP contribution in [0.15, 0.2) is 291 Å². The maximum absolute atomic E-state index is 5.09. The molecule has 0 saturated heterocycles. The van der Waals surface area contributed by atoms with E-state index in [0.29, 0.717) is 17.5 Å². The lowest BCUT2D eigenvalue weighted by molar-refractivity contribution is 0.660. The summed E-state index contributed by atoms with van der Waals surface area (Å²) in [4.78, 5) is 15.2. The van der Waals surface area contributed by atoms with Crippen molar-refractivity contribution in [3.63, 3.8) is 0 Å². The first-order valence-corrected chi connectivity index (χ1v) is 32.2. The molecule has 2 aliphatic carbocycles. The van der Waals surface area contributed by atoms with E-state index >= 15 is 0 Å². The Labute approximate surface area is 538 Å². The van der Waals surface area contributed by atoms with E-state index in [1.807, 2.05) is 36.4 Å². The Bertz CT molecular complexity index is 5640. The smallest absolute Gasteiger partial charge is 0.164 e. The zero-order valence-corrected chi connectivity index (χ0v) is 51.9. The van der Waals surface area contributed by atoms with Crippen molar-refractivity contribution in [1.82, 2.24) is 28.7 Å². The number of nitrogens with zero attached hydrogens (tertiary/aromatic N) is 6. The van der Waals surface area contributed by atoms with Gasteiger partial charge in [0.2, 0.25) is 0 Å². The highest BCUT2D eigenvalue weighted by Crippen LogP contribution is 2.52. The van der Waals surface area contributed by atoms with Gasteiger partial charge in [0.15, 0.2) is 17.5 Å². The topological polar surface area (TPSA) is 53.5 Å². The minimum absolute atomic E-state index is 0.111. The van der Waals surface area contributed by atoms with Gasteiger partial charge in [-0.1, -0.05) is 210 Å². The van der Waals surface area contributed by atoms with Gasteiger partial charge < -0.3 is 13.7 Å². The van der Waals surface area contributed by atoms with E-state index in [0.717, 1.165) is 44.5 Å². The molecule has 19 rings (SSSR count). The average molecular weight is 1190 g/mol. The lowest BCUT2D eigenvalue weighted by atomic mass is 9.82. The van der Waals surface area contributed by atoms with E-state index in [4.69, 9.17) is 15.0 Å². The Morgan fingerprint density at radius 1 is 0.215 bits per heavy atom. The van der Waals surface area contributed by atoms with Crippen LogP contribution in [0.25, 0.3) is 161 Å². The molecule has 6 heteroatoms. The van der Waals surface area contributed by atoms with Crippen molar-refractivity contribution >= 4 is 65.4 Å². The molecule has 0 amide bonds. The minimum atomic E-state index is -0.111. The highest BCUT2D eigenvalue weighted by Gasteiger charge is 2.37. The molecular formula is C87H60N6. The maximum Gasteiger partial charge on any atom is 0.164 e. The molecule has 0 saturated carbocycles. The lowest BCUT2D eigenvalue weighted by Gasteiger charge is -2.22. The van der Waals surface area contributed by atoms with Crippen molar-refractivity contribution in [1.29, 1.82) is 0 Å². The SMILES string of the molecule is CC1(C)c2ccccc2-c2ccc(-n3c4ccccc4c4cc(-c5ccc6c(c5)c5cc(-c7ccc8c(c7)c7ccccc7n8-c7ccc8c(c7)C(C)(C)c7ccccc7-8)ccc5n6-c5ccc(-c6nc(-c7ccccc7)nc(-c7ccccc7)n6)cc5)ccc43)cc21. The van der Waals surface area contributed by atoms with Gasteiger partial charge in [0.1, 0.15) is 0 Å². The molecule has 4 heterocycles. The third-order valence-corrected chi connectivity index (χ3v) is 20.5. The van der Waals surface area contributed by atoms with E-state index in [2.05, 4.69) is 296 Å². The van der Waals surface area contributed by atoms with Crippen LogP contribution >= 0.6 is 0 Å². The van der Waals surface area contributed by atoms with Crippen molar-refractivity contribution in [2.45, 2.75) is 38.5 Å². The van der Waals surface area contributed by atoms with Crippen LogP contribution in [-0.4, -0.2) is 28.7 Å². The second-order valence-electron chi connectivity index (χ2n) is 26.4. The van der Waals surface area contributed by atoms with E-state index in [1.54, 1.807) is 0 Å².